The first-order valence-corrected chi connectivity index (χ1v) is 4.68. The van der Waals surface area contributed by atoms with Crippen molar-refractivity contribution in [1.82, 2.24) is 0 Å². The van der Waals surface area contributed by atoms with Crippen molar-refractivity contribution in [3.05, 3.63) is 0 Å². The standard InChI is InChI=1S/C10H19N/c1-7(2)9-5-6-10(11-9)8(3)4/h7-9H,5-6H2,1-4H3. The van der Waals surface area contributed by atoms with Gasteiger partial charge in [-0.25, -0.2) is 0 Å². The van der Waals surface area contributed by atoms with Crippen molar-refractivity contribution in [3.8, 4) is 0 Å². The van der Waals surface area contributed by atoms with Crippen LogP contribution in [-0.2, 0) is 0 Å². The Kier molecular flexibility index (Phi) is 2.69. The highest BCUT2D eigenvalue weighted by atomic mass is 14.8. The van der Waals surface area contributed by atoms with Gasteiger partial charge in [-0.05, 0) is 24.7 Å². The Morgan fingerprint density at radius 2 is 1.91 bits per heavy atom. The van der Waals surface area contributed by atoms with Gasteiger partial charge in [0.25, 0.3) is 0 Å². The lowest BCUT2D eigenvalue weighted by atomic mass is 10.0. The molecule has 0 N–H and O–H groups in total. The average Bonchev–Trinajstić information content (AvgIpc) is 2.33. The first kappa shape index (κ1) is 8.76. The van der Waals surface area contributed by atoms with Crippen LogP contribution in [0.15, 0.2) is 4.99 Å². The summed E-state index contributed by atoms with van der Waals surface area (Å²) < 4.78 is 0. The molecule has 1 nitrogen and oxygen atoms in total. The van der Waals surface area contributed by atoms with Crippen molar-refractivity contribution in [2.45, 2.75) is 46.6 Å². The summed E-state index contributed by atoms with van der Waals surface area (Å²) >= 11 is 0. The average molecular weight is 153 g/mol. The molecule has 0 saturated carbocycles. The predicted octanol–water partition coefficient (Wildman–Crippen LogP) is 2.90. The highest BCUT2D eigenvalue weighted by Crippen LogP contribution is 2.23. The fraction of sp³-hybridized carbons (Fsp3) is 0.900. The van der Waals surface area contributed by atoms with Crippen LogP contribution in [0.1, 0.15) is 40.5 Å². The summed E-state index contributed by atoms with van der Waals surface area (Å²) in [5.41, 5.74) is 1.43. The molecule has 0 spiro atoms. The minimum absolute atomic E-state index is 0.618. The highest BCUT2D eigenvalue weighted by molar-refractivity contribution is 5.87. The first-order valence-electron chi connectivity index (χ1n) is 4.68. The van der Waals surface area contributed by atoms with Gasteiger partial charge < -0.3 is 0 Å². The molecule has 64 valence electrons. The summed E-state index contributed by atoms with van der Waals surface area (Å²) in [4.78, 5) is 4.70. The van der Waals surface area contributed by atoms with E-state index in [-0.39, 0.29) is 0 Å². The van der Waals surface area contributed by atoms with E-state index in [2.05, 4.69) is 27.7 Å². The van der Waals surface area contributed by atoms with Crippen molar-refractivity contribution < 1.29 is 0 Å². The largest absolute Gasteiger partial charge is 0.290 e. The quantitative estimate of drug-likeness (QED) is 0.578. The second-order valence-electron chi connectivity index (χ2n) is 4.13. The molecule has 0 aliphatic carbocycles. The van der Waals surface area contributed by atoms with Crippen LogP contribution >= 0.6 is 0 Å². The van der Waals surface area contributed by atoms with Gasteiger partial charge in [-0.3, -0.25) is 4.99 Å². The van der Waals surface area contributed by atoms with Gasteiger partial charge in [-0.1, -0.05) is 27.7 Å². The van der Waals surface area contributed by atoms with Crippen LogP contribution in [0.5, 0.6) is 0 Å². The Balaban J connectivity index is 2.54. The minimum Gasteiger partial charge on any atom is -0.290 e. The second kappa shape index (κ2) is 3.38. The molecular formula is C10H19N. The third-order valence-electron chi connectivity index (χ3n) is 2.46. The molecule has 1 aliphatic rings. The number of nitrogens with zero attached hydrogens (tertiary/aromatic N) is 1. The van der Waals surface area contributed by atoms with Crippen LogP contribution in [0.25, 0.3) is 0 Å². The van der Waals surface area contributed by atoms with E-state index in [1.54, 1.807) is 0 Å². The molecule has 0 aromatic rings. The van der Waals surface area contributed by atoms with E-state index in [9.17, 15) is 0 Å². The van der Waals surface area contributed by atoms with Crippen LogP contribution in [0.4, 0.5) is 0 Å². The van der Waals surface area contributed by atoms with Crippen molar-refractivity contribution in [2.75, 3.05) is 0 Å². The van der Waals surface area contributed by atoms with Gasteiger partial charge in [0.05, 0.1) is 6.04 Å². The topological polar surface area (TPSA) is 12.4 Å². The van der Waals surface area contributed by atoms with Crippen molar-refractivity contribution in [1.29, 1.82) is 0 Å². The summed E-state index contributed by atoms with van der Waals surface area (Å²) in [5.74, 6) is 1.39. The summed E-state index contributed by atoms with van der Waals surface area (Å²) in [6, 6.07) is 0.618. The molecule has 0 aromatic heterocycles. The van der Waals surface area contributed by atoms with Gasteiger partial charge >= 0.3 is 0 Å². The summed E-state index contributed by atoms with van der Waals surface area (Å²) in [5, 5.41) is 0. The van der Waals surface area contributed by atoms with Crippen LogP contribution in [0.3, 0.4) is 0 Å². The predicted molar refractivity (Wildman–Crippen MR) is 50.1 cm³/mol. The van der Waals surface area contributed by atoms with Gasteiger partial charge in [0.2, 0.25) is 0 Å². The van der Waals surface area contributed by atoms with E-state index in [0.29, 0.717) is 12.0 Å². The summed E-state index contributed by atoms with van der Waals surface area (Å²) in [6.07, 6.45) is 2.52. The highest BCUT2D eigenvalue weighted by Gasteiger charge is 2.21. The molecule has 1 aliphatic heterocycles. The van der Waals surface area contributed by atoms with E-state index in [1.807, 2.05) is 0 Å². The van der Waals surface area contributed by atoms with Crippen LogP contribution in [-0.4, -0.2) is 11.8 Å². The summed E-state index contributed by atoms with van der Waals surface area (Å²) in [7, 11) is 0. The number of hydrogen-bond acceptors (Lipinski definition) is 1. The molecule has 0 amide bonds. The normalized spacial score (nSPS) is 24.9. The van der Waals surface area contributed by atoms with Crippen LogP contribution in [0, 0.1) is 11.8 Å². The van der Waals surface area contributed by atoms with Gasteiger partial charge in [0.1, 0.15) is 0 Å². The monoisotopic (exact) mass is 153 g/mol. The Morgan fingerprint density at radius 3 is 2.18 bits per heavy atom. The molecule has 0 saturated heterocycles. The second-order valence-corrected chi connectivity index (χ2v) is 4.13. The number of hydrogen-bond donors (Lipinski definition) is 0. The Morgan fingerprint density at radius 1 is 1.27 bits per heavy atom. The van der Waals surface area contributed by atoms with Crippen LogP contribution < -0.4 is 0 Å². The SMILES string of the molecule is CC(C)C1=NC(C(C)C)CC1. The number of aliphatic imine (C=N–C) groups is 1. The van der Waals surface area contributed by atoms with Gasteiger partial charge in [-0.2, -0.15) is 0 Å². The lowest BCUT2D eigenvalue weighted by molar-refractivity contribution is 0.494. The molecule has 1 heterocycles. The van der Waals surface area contributed by atoms with Gasteiger partial charge in [0.15, 0.2) is 0 Å². The van der Waals surface area contributed by atoms with E-state index < -0.39 is 0 Å². The van der Waals surface area contributed by atoms with Crippen LogP contribution in [0.2, 0.25) is 0 Å². The van der Waals surface area contributed by atoms with E-state index in [0.717, 1.165) is 5.92 Å². The third-order valence-corrected chi connectivity index (χ3v) is 2.46. The molecular weight excluding hydrogens is 134 g/mol. The van der Waals surface area contributed by atoms with Gasteiger partial charge in [-0.15, -0.1) is 0 Å². The lowest BCUT2D eigenvalue weighted by Crippen LogP contribution is -2.08. The molecule has 0 fully saturated rings. The maximum absolute atomic E-state index is 4.70. The maximum Gasteiger partial charge on any atom is 0.0525 e. The van der Waals surface area contributed by atoms with E-state index in [4.69, 9.17) is 4.99 Å². The van der Waals surface area contributed by atoms with Crippen molar-refractivity contribution in [2.24, 2.45) is 16.8 Å². The molecule has 0 aromatic carbocycles. The van der Waals surface area contributed by atoms with E-state index >= 15 is 0 Å². The first-order chi connectivity index (χ1) is 5.11. The molecule has 0 radical (unpaired) electrons. The molecule has 0 bridgehead atoms. The smallest absolute Gasteiger partial charge is 0.0525 e. The molecule has 1 rings (SSSR count). The fourth-order valence-electron chi connectivity index (χ4n) is 1.56. The minimum atomic E-state index is 0.618. The van der Waals surface area contributed by atoms with Crippen molar-refractivity contribution >= 4 is 5.71 Å². The fourth-order valence-corrected chi connectivity index (χ4v) is 1.56. The van der Waals surface area contributed by atoms with Crippen molar-refractivity contribution in [3.63, 3.8) is 0 Å². The lowest BCUT2D eigenvalue weighted by Gasteiger charge is -2.09. The van der Waals surface area contributed by atoms with E-state index in [1.165, 1.54) is 18.6 Å². The Labute approximate surface area is 69.9 Å². The molecule has 1 heteroatoms. The third kappa shape index (κ3) is 2.05. The Bertz CT molecular complexity index is 156. The zero-order valence-electron chi connectivity index (χ0n) is 8.09. The Hall–Kier alpha value is -0.330. The molecule has 1 atom stereocenters. The maximum atomic E-state index is 4.70. The zero-order valence-corrected chi connectivity index (χ0v) is 8.09. The summed E-state index contributed by atoms with van der Waals surface area (Å²) in [6.45, 7) is 9.00. The number of rotatable bonds is 2. The zero-order chi connectivity index (χ0) is 8.43. The van der Waals surface area contributed by atoms with Gasteiger partial charge in [0, 0.05) is 5.71 Å². The molecule has 11 heavy (non-hydrogen) atoms. The molecule has 1 unspecified atom stereocenters.